The van der Waals surface area contributed by atoms with E-state index in [2.05, 4.69) is 19.0 Å². The van der Waals surface area contributed by atoms with Gasteiger partial charge in [0.05, 0.1) is 6.54 Å². The monoisotopic (exact) mass is 348 g/mol. The molecule has 1 aromatic heterocycles. The van der Waals surface area contributed by atoms with Gasteiger partial charge >= 0.3 is 0 Å². The van der Waals surface area contributed by atoms with Crippen molar-refractivity contribution in [2.24, 2.45) is 5.92 Å². The predicted octanol–water partition coefficient (Wildman–Crippen LogP) is 4.92. The molecule has 4 nitrogen and oxygen atoms in total. The van der Waals surface area contributed by atoms with Gasteiger partial charge in [-0.05, 0) is 11.5 Å². The zero-order valence-electron chi connectivity index (χ0n) is 15.3. The van der Waals surface area contributed by atoms with Crippen molar-refractivity contribution < 1.29 is 9.32 Å². The Balaban J connectivity index is 1.77. The van der Waals surface area contributed by atoms with Gasteiger partial charge in [0, 0.05) is 24.6 Å². The van der Waals surface area contributed by atoms with E-state index < -0.39 is 0 Å². The Morgan fingerprint density at radius 3 is 2.31 bits per heavy atom. The van der Waals surface area contributed by atoms with Gasteiger partial charge in [-0.25, -0.2) is 0 Å². The minimum absolute atomic E-state index is 0.133. The first-order valence-corrected chi connectivity index (χ1v) is 8.94. The average molecular weight is 348 g/mol. The average Bonchev–Trinajstić information content (AvgIpc) is 3.11. The number of aromatic nitrogens is 1. The number of hydrogen-bond donors (Lipinski definition) is 0. The molecule has 0 saturated heterocycles. The highest BCUT2D eigenvalue weighted by atomic mass is 16.5. The Kier molecular flexibility index (Phi) is 5.84. The molecule has 3 rings (SSSR count). The van der Waals surface area contributed by atoms with Gasteiger partial charge in [0.1, 0.15) is 5.69 Å². The van der Waals surface area contributed by atoms with E-state index in [0.717, 1.165) is 22.6 Å². The number of amides is 1. The topological polar surface area (TPSA) is 46.3 Å². The van der Waals surface area contributed by atoms with Crippen LogP contribution in [0.25, 0.3) is 11.3 Å². The lowest BCUT2D eigenvalue weighted by Crippen LogP contribution is -2.31. The van der Waals surface area contributed by atoms with Crippen molar-refractivity contribution in [3.8, 4) is 11.3 Å². The van der Waals surface area contributed by atoms with Crippen molar-refractivity contribution in [1.29, 1.82) is 0 Å². The van der Waals surface area contributed by atoms with E-state index in [4.69, 9.17) is 4.52 Å². The molecule has 3 aromatic rings. The van der Waals surface area contributed by atoms with Crippen LogP contribution in [0.2, 0.25) is 0 Å². The third-order valence-corrected chi connectivity index (χ3v) is 4.12. The molecule has 0 radical (unpaired) electrons. The molecule has 0 aliphatic rings. The van der Waals surface area contributed by atoms with Gasteiger partial charge in [-0.2, -0.15) is 0 Å². The quantitative estimate of drug-likeness (QED) is 0.609. The Labute approximate surface area is 154 Å². The lowest BCUT2D eigenvalue weighted by atomic mass is 10.1. The van der Waals surface area contributed by atoms with Crippen molar-refractivity contribution in [3.05, 3.63) is 78.0 Å². The molecule has 0 spiro atoms. The van der Waals surface area contributed by atoms with Crippen molar-refractivity contribution >= 4 is 5.91 Å². The van der Waals surface area contributed by atoms with Crippen molar-refractivity contribution in [2.75, 3.05) is 0 Å². The fraction of sp³-hybridized carbons (Fsp3) is 0.273. The molecule has 0 unspecified atom stereocenters. The summed E-state index contributed by atoms with van der Waals surface area (Å²) in [4.78, 5) is 14.6. The number of benzene rings is 2. The lowest BCUT2D eigenvalue weighted by molar-refractivity contribution is -0.133. The summed E-state index contributed by atoms with van der Waals surface area (Å²) in [6, 6.07) is 21.8. The van der Waals surface area contributed by atoms with Crippen LogP contribution in [0.5, 0.6) is 0 Å². The molecule has 1 heterocycles. The first-order chi connectivity index (χ1) is 12.6. The molecule has 134 valence electrons. The van der Waals surface area contributed by atoms with Gasteiger partial charge < -0.3 is 9.42 Å². The number of carbonyl (C=O) groups excluding carboxylic acids is 1. The van der Waals surface area contributed by atoms with Gasteiger partial charge in [0.15, 0.2) is 5.76 Å². The molecule has 0 fully saturated rings. The summed E-state index contributed by atoms with van der Waals surface area (Å²) in [6.45, 7) is 5.13. The van der Waals surface area contributed by atoms with Crippen LogP contribution in [-0.4, -0.2) is 16.0 Å². The van der Waals surface area contributed by atoms with Crippen molar-refractivity contribution in [1.82, 2.24) is 10.1 Å². The van der Waals surface area contributed by atoms with Crippen LogP contribution in [0, 0.1) is 5.92 Å². The Morgan fingerprint density at radius 2 is 1.65 bits per heavy atom. The molecule has 4 heteroatoms. The molecule has 1 amide bonds. The summed E-state index contributed by atoms with van der Waals surface area (Å²) >= 11 is 0. The Hall–Kier alpha value is -2.88. The smallest absolute Gasteiger partial charge is 0.223 e. The molecule has 0 atom stereocenters. The molecule has 0 aliphatic carbocycles. The number of rotatable bonds is 7. The highest BCUT2D eigenvalue weighted by molar-refractivity contribution is 5.76. The first kappa shape index (κ1) is 17.9. The first-order valence-electron chi connectivity index (χ1n) is 8.94. The molecule has 26 heavy (non-hydrogen) atoms. The van der Waals surface area contributed by atoms with Crippen molar-refractivity contribution in [3.63, 3.8) is 0 Å². The van der Waals surface area contributed by atoms with Gasteiger partial charge in [0.25, 0.3) is 0 Å². The van der Waals surface area contributed by atoms with E-state index in [1.165, 1.54) is 0 Å². The second kappa shape index (κ2) is 8.48. The summed E-state index contributed by atoms with van der Waals surface area (Å²) < 4.78 is 5.47. The molecular weight excluding hydrogens is 324 g/mol. The van der Waals surface area contributed by atoms with E-state index in [-0.39, 0.29) is 5.91 Å². The normalized spacial score (nSPS) is 10.9. The largest absolute Gasteiger partial charge is 0.356 e. The zero-order chi connectivity index (χ0) is 18.4. The maximum atomic E-state index is 12.7. The SMILES string of the molecule is CC(C)CC(=O)N(Cc1ccccc1)Cc1cc(-c2ccccc2)on1. The summed E-state index contributed by atoms with van der Waals surface area (Å²) in [7, 11) is 0. The van der Waals surface area contributed by atoms with E-state index in [0.29, 0.717) is 25.4 Å². The van der Waals surface area contributed by atoms with Gasteiger partial charge in [-0.1, -0.05) is 79.7 Å². The Morgan fingerprint density at radius 1 is 1.00 bits per heavy atom. The minimum atomic E-state index is 0.133. The molecule has 2 aromatic carbocycles. The van der Waals surface area contributed by atoms with E-state index >= 15 is 0 Å². The van der Waals surface area contributed by atoms with E-state index in [1.807, 2.05) is 71.6 Å². The molecular formula is C22H24N2O2. The third kappa shape index (κ3) is 4.82. The van der Waals surface area contributed by atoms with Gasteiger partial charge in [-0.3, -0.25) is 4.79 Å². The van der Waals surface area contributed by atoms with Crippen LogP contribution < -0.4 is 0 Å². The standard InChI is InChI=1S/C22H24N2O2/c1-17(2)13-22(25)24(15-18-9-5-3-6-10-18)16-20-14-21(26-23-20)19-11-7-4-8-12-19/h3-12,14,17H,13,15-16H2,1-2H3. The van der Waals surface area contributed by atoms with Crippen LogP contribution in [0.15, 0.2) is 71.3 Å². The maximum absolute atomic E-state index is 12.7. The Bertz CT molecular complexity index is 826. The highest BCUT2D eigenvalue weighted by Crippen LogP contribution is 2.21. The second-order valence-corrected chi connectivity index (χ2v) is 6.88. The molecule has 0 aliphatic heterocycles. The summed E-state index contributed by atoms with van der Waals surface area (Å²) in [5.41, 5.74) is 2.85. The fourth-order valence-electron chi connectivity index (χ4n) is 2.83. The lowest BCUT2D eigenvalue weighted by Gasteiger charge is -2.22. The number of carbonyl (C=O) groups is 1. The van der Waals surface area contributed by atoms with E-state index in [1.54, 1.807) is 0 Å². The van der Waals surface area contributed by atoms with E-state index in [9.17, 15) is 4.79 Å². The van der Waals surface area contributed by atoms with Gasteiger partial charge in [0.2, 0.25) is 5.91 Å². The second-order valence-electron chi connectivity index (χ2n) is 6.88. The summed E-state index contributed by atoms with van der Waals surface area (Å²) in [5.74, 6) is 1.17. The minimum Gasteiger partial charge on any atom is -0.356 e. The summed E-state index contributed by atoms with van der Waals surface area (Å²) in [5, 5.41) is 4.17. The van der Waals surface area contributed by atoms with Crippen LogP contribution in [-0.2, 0) is 17.9 Å². The molecule has 0 bridgehead atoms. The highest BCUT2D eigenvalue weighted by Gasteiger charge is 2.18. The van der Waals surface area contributed by atoms with Crippen LogP contribution in [0.1, 0.15) is 31.5 Å². The number of nitrogens with zero attached hydrogens (tertiary/aromatic N) is 2. The fourth-order valence-corrected chi connectivity index (χ4v) is 2.83. The summed E-state index contributed by atoms with van der Waals surface area (Å²) in [6.07, 6.45) is 0.524. The number of hydrogen-bond acceptors (Lipinski definition) is 3. The maximum Gasteiger partial charge on any atom is 0.223 e. The van der Waals surface area contributed by atoms with Crippen LogP contribution in [0.3, 0.4) is 0 Å². The van der Waals surface area contributed by atoms with Crippen molar-refractivity contribution in [2.45, 2.75) is 33.4 Å². The zero-order valence-corrected chi connectivity index (χ0v) is 15.3. The predicted molar refractivity (Wildman–Crippen MR) is 102 cm³/mol. The van der Waals surface area contributed by atoms with Gasteiger partial charge in [-0.15, -0.1) is 0 Å². The third-order valence-electron chi connectivity index (χ3n) is 4.12. The molecule has 0 N–H and O–H groups in total. The van der Waals surface area contributed by atoms with Crippen LogP contribution in [0.4, 0.5) is 0 Å². The molecule has 0 saturated carbocycles. The van der Waals surface area contributed by atoms with Crippen LogP contribution >= 0.6 is 0 Å².